The van der Waals surface area contributed by atoms with E-state index in [1.165, 1.54) is 0 Å². The number of nitrogens with zero attached hydrogens (tertiary/aromatic N) is 3. The second-order valence-corrected chi connectivity index (χ2v) is 3.89. The molecule has 96 valence electrons. The fourth-order valence-electron chi connectivity index (χ4n) is 1.56. The molecule has 17 heavy (non-hydrogen) atoms. The maximum Gasteiger partial charge on any atom is 0.317 e. The van der Waals surface area contributed by atoms with E-state index in [1.807, 2.05) is 20.2 Å². The highest BCUT2D eigenvalue weighted by Crippen LogP contribution is 1.97. The third-order valence-corrected chi connectivity index (χ3v) is 2.35. The summed E-state index contributed by atoms with van der Waals surface area (Å²) in [6.07, 6.45) is 4.45. The van der Waals surface area contributed by atoms with E-state index in [0.29, 0.717) is 19.6 Å². The van der Waals surface area contributed by atoms with Gasteiger partial charge in [0.1, 0.15) is 0 Å². The number of rotatable bonds is 6. The van der Waals surface area contributed by atoms with Crippen molar-refractivity contribution < 1.29 is 9.90 Å². The van der Waals surface area contributed by atoms with Gasteiger partial charge in [0.05, 0.1) is 12.8 Å². The van der Waals surface area contributed by atoms with Gasteiger partial charge in [-0.25, -0.2) is 4.79 Å². The Labute approximate surface area is 101 Å². The van der Waals surface area contributed by atoms with Gasteiger partial charge in [-0.2, -0.15) is 5.10 Å². The van der Waals surface area contributed by atoms with Crippen LogP contribution in [0.4, 0.5) is 4.79 Å². The van der Waals surface area contributed by atoms with Gasteiger partial charge >= 0.3 is 6.03 Å². The normalized spacial score (nSPS) is 10.3. The Morgan fingerprint density at radius 1 is 1.59 bits per heavy atom. The van der Waals surface area contributed by atoms with Crippen LogP contribution in [0.15, 0.2) is 12.4 Å². The van der Waals surface area contributed by atoms with Crippen LogP contribution in [-0.2, 0) is 13.6 Å². The van der Waals surface area contributed by atoms with Gasteiger partial charge in [0, 0.05) is 38.4 Å². The Morgan fingerprint density at radius 2 is 2.35 bits per heavy atom. The molecule has 6 heteroatoms. The average molecular weight is 240 g/mol. The van der Waals surface area contributed by atoms with Crippen LogP contribution in [0, 0.1) is 0 Å². The second-order valence-electron chi connectivity index (χ2n) is 3.89. The lowest BCUT2D eigenvalue weighted by molar-refractivity contribution is 0.177. The fourth-order valence-corrected chi connectivity index (χ4v) is 1.56. The van der Waals surface area contributed by atoms with Crippen LogP contribution in [-0.4, -0.2) is 45.5 Å². The monoisotopic (exact) mass is 240 g/mol. The standard InChI is InChI=1S/C11H20N4O2/c1-3-4-15(5-6-16)11(17)12-7-10-8-13-14(2)9-10/h8-9,16H,3-7H2,1-2H3,(H,12,17). The first-order chi connectivity index (χ1) is 8.17. The molecular weight excluding hydrogens is 220 g/mol. The predicted molar refractivity (Wildman–Crippen MR) is 64.4 cm³/mol. The van der Waals surface area contributed by atoms with Gasteiger partial charge in [0.25, 0.3) is 0 Å². The number of aromatic nitrogens is 2. The van der Waals surface area contributed by atoms with Crippen molar-refractivity contribution in [1.29, 1.82) is 0 Å². The molecule has 2 amide bonds. The van der Waals surface area contributed by atoms with Crippen molar-refractivity contribution >= 4 is 6.03 Å². The molecule has 0 saturated carbocycles. The number of aliphatic hydroxyl groups is 1. The minimum atomic E-state index is -0.148. The molecule has 0 aromatic carbocycles. The number of urea groups is 1. The molecule has 0 radical (unpaired) electrons. The summed E-state index contributed by atoms with van der Waals surface area (Å²) < 4.78 is 1.69. The second kappa shape index (κ2) is 6.90. The molecule has 0 atom stereocenters. The highest BCUT2D eigenvalue weighted by atomic mass is 16.3. The summed E-state index contributed by atoms with van der Waals surface area (Å²) in [6.45, 7) is 3.46. The van der Waals surface area contributed by atoms with E-state index in [2.05, 4.69) is 10.4 Å². The first kappa shape index (κ1) is 13.5. The summed E-state index contributed by atoms with van der Waals surface area (Å²) in [5, 5.41) is 15.7. The molecule has 0 aliphatic carbocycles. The Kier molecular flexibility index (Phi) is 5.48. The highest BCUT2D eigenvalue weighted by Gasteiger charge is 2.11. The summed E-state index contributed by atoms with van der Waals surface area (Å²) in [5.74, 6) is 0. The lowest BCUT2D eigenvalue weighted by Gasteiger charge is -2.21. The van der Waals surface area contributed by atoms with Crippen LogP contribution in [0.5, 0.6) is 0 Å². The van der Waals surface area contributed by atoms with Crippen LogP contribution >= 0.6 is 0 Å². The number of amides is 2. The molecule has 1 heterocycles. The molecule has 6 nitrogen and oxygen atoms in total. The van der Waals surface area contributed by atoms with Crippen molar-refractivity contribution in [2.24, 2.45) is 7.05 Å². The Morgan fingerprint density at radius 3 is 2.88 bits per heavy atom. The van der Waals surface area contributed by atoms with Crippen molar-refractivity contribution in [2.75, 3.05) is 19.7 Å². The molecule has 1 aromatic rings. The topological polar surface area (TPSA) is 70.4 Å². The zero-order valence-electron chi connectivity index (χ0n) is 10.4. The fraction of sp³-hybridized carbons (Fsp3) is 0.636. The lowest BCUT2D eigenvalue weighted by Crippen LogP contribution is -2.41. The summed E-state index contributed by atoms with van der Waals surface area (Å²) in [4.78, 5) is 13.4. The van der Waals surface area contributed by atoms with Gasteiger partial charge in [-0.3, -0.25) is 4.68 Å². The SMILES string of the molecule is CCCN(CCO)C(=O)NCc1cnn(C)c1. The quantitative estimate of drug-likeness (QED) is 0.753. The zero-order chi connectivity index (χ0) is 12.7. The smallest absolute Gasteiger partial charge is 0.317 e. The van der Waals surface area contributed by atoms with Crippen LogP contribution in [0.1, 0.15) is 18.9 Å². The number of nitrogens with one attached hydrogen (secondary N) is 1. The number of hydrogen-bond donors (Lipinski definition) is 2. The lowest BCUT2D eigenvalue weighted by atomic mass is 10.3. The Hall–Kier alpha value is -1.56. The predicted octanol–water partition coefficient (Wildman–Crippen LogP) is 0.334. The molecule has 0 bridgehead atoms. The minimum Gasteiger partial charge on any atom is -0.395 e. The van der Waals surface area contributed by atoms with Crippen molar-refractivity contribution in [2.45, 2.75) is 19.9 Å². The molecule has 0 unspecified atom stereocenters. The molecule has 2 N–H and O–H groups in total. The largest absolute Gasteiger partial charge is 0.395 e. The summed E-state index contributed by atoms with van der Waals surface area (Å²) >= 11 is 0. The molecule has 0 aliphatic heterocycles. The molecule has 0 fully saturated rings. The van der Waals surface area contributed by atoms with Crippen LogP contribution in [0.25, 0.3) is 0 Å². The zero-order valence-corrected chi connectivity index (χ0v) is 10.4. The van der Waals surface area contributed by atoms with E-state index in [0.717, 1.165) is 12.0 Å². The summed E-state index contributed by atoms with van der Waals surface area (Å²) in [7, 11) is 1.83. The Bertz CT molecular complexity index is 345. The third-order valence-electron chi connectivity index (χ3n) is 2.35. The van der Waals surface area contributed by atoms with Gasteiger partial charge in [-0.1, -0.05) is 6.92 Å². The van der Waals surface area contributed by atoms with E-state index >= 15 is 0 Å². The van der Waals surface area contributed by atoms with Crippen LogP contribution in [0.3, 0.4) is 0 Å². The van der Waals surface area contributed by atoms with Crippen LogP contribution in [0.2, 0.25) is 0 Å². The minimum absolute atomic E-state index is 0.0136. The van der Waals surface area contributed by atoms with E-state index in [-0.39, 0.29) is 12.6 Å². The van der Waals surface area contributed by atoms with Crippen molar-refractivity contribution in [3.63, 3.8) is 0 Å². The highest BCUT2D eigenvalue weighted by molar-refractivity contribution is 5.74. The van der Waals surface area contributed by atoms with Gasteiger partial charge in [0.15, 0.2) is 0 Å². The maximum atomic E-state index is 11.8. The van der Waals surface area contributed by atoms with Crippen molar-refractivity contribution in [3.05, 3.63) is 18.0 Å². The molecule has 0 aliphatic rings. The summed E-state index contributed by atoms with van der Waals surface area (Å²) in [6, 6.07) is -0.148. The Balaban J connectivity index is 2.41. The molecule has 0 spiro atoms. The molecular formula is C11H20N4O2. The van der Waals surface area contributed by atoms with E-state index in [9.17, 15) is 4.79 Å². The maximum absolute atomic E-state index is 11.8. The van der Waals surface area contributed by atoms with E-state index in [4.69, 9.17) is 5.11 Å². The number of aryl methyl sites for hydroxylation is 1. The van der Waals surface area contributed by atoms with E-state index in [1.54, 1.807) is 15.8 Å². The number of hydrogen-bond acceptors (Lipinski definition) is 3. The van der Waals surface area contributed by atoms with Crippen LogP contribution < -0.4 is 5.32 Å². The average Bonchev–Trinajstić information content (AvgIpc) is 2.72. The van der Waals surface area contributed by atoms with Gasteiger partial charge < -0.3 is 15.3 Å². The van der Waals surface area contributed by atoms with Gasteiger partial charge in [-0.15, -0.1) is 0 Å². The summed E-state index contributed by atoms with van der Waals surface area (Å²) in [5.41, 5.74) is 0.960. The molecule has 1 aromatic heterocycles. The molecule has 0 saturated heterocycles. The van der Waals surface area contributed by atoms with Crippen molar-refractivity contribution in [3.8, 4) is 0 Å². The van der Waals surface area contributed by atoms with E-state index < -0.39 is 0 Å². The first-order valence-corrected chi connectivity index (χ1v) is 5.78. The number of carbonyl (C=O) groups is 1. The van der Waals surface area contributed by atoms with Gasteiger partial charge in [-0.05, 0) is 6.42 Å². The third kappa shape index (κ3) is 4.44. The first-order valence-electron chi connectivity index (χ1n) is 5.78. The molecule has 1 rings (SSSR count). The van der Waals surface area contributed by atoms with Crippen molar-refractivity contribution in [1.82, 2.24) is 20.0 Å². The number of carbonyl (C=O) groups excluding carboxylic acids is 1. The number of aliphatic hydroxyl groups excluding tert-OH is 1. The van der Waals surface area contributed by atoms with Gasteiger partial charge in [0.2, 0.25) is 0 Å².